The van der Waals surface area contributed by atoms with Gasteiger partial charge in [0.15, 0.2) is 0 Å². The van der Waals surface area contributed by atoms with Crippen LogP contribution in [0.1, 0.15) is 53.4 Å². The minimum Gasteiger partial charge on any atom is -0.343 e. The maximum absolute atomic E-state index is 12.3. The second kappa shape index (κ2) is 6.76. The van der Waals surface area contributed by atoms with Gasteiger partial charge >= 0.3 is 0 Å². The van der Waals surface area contributed by atoms with Crippen LogP contribution in [-0.2, 0) is 9.59 Å². The van der Waals surface area contributed by atoms with Crippen LogP contribution in [0.25, 0.3) is 0 Å². The Morgan fingerprint density at radius 1 is 1.22 bits per heavy atom. The lowest BCUT2D eigenvalue weighted by Gasteiger charge is -2.39. The molecule has 2 amide bonds. The molecular formula is C14H26N2O2. The summed E-state index contributed by atoms with van der Waals surface area (Å²) in [5.74, 6) is 0.569. The van der Waals surface area contributed by atoms with Crippen molar-refractivity contribution in [2.75, 3.05) is 6.54 Å². The topological polar surface area (TPSA) is 49.4 Å². The highest BCUT2D eigenvalue weighted by Crippen LogP contribution is 2.18. The molecule has 2 atom stereocenters. The molecule has 0 aliphatic carbocycles. The van der Waals surface area contributed by atoms with Crippen LogP contribution in [0.2, 0.25) is 0 Å². The summed E-state index contributed by atoms with van der Waals surface area (Å²) in [6.45, 7) is 8.83. The van der Waals surface area contributed by atoms with Gasteiger partial charge in [0.05, 0.1) is 0 Å². The molecule has 0 saturated carbocycles. The fourth-order valence-corrected chi connectivity index (χ4v) is 2.44. The van der Waals surface area contributed by atoms with E-state index in [1.807, 2.05) is 13.8 Å². The van der Waals surface area contributed by atoms with Crippen LogP contribution in [0.5, 0.6) is 0 Å². The highest BCUT2D eigenvalue weighted by Gasteiger charge is 2.37. The molecule has 1 fully saturated rings. The predicted molar refractivity (Wildman–Crippen MR) is 72.1 cm³/mol. The van der Waals surface area contributed by atoms with E-state index in [1.54, 1.807) is 4.90 Å². The lowest BCUT2D eigenvalue weighted by atomic mass is 9.98. The molecule has 0 radical (unpaired) electrons. The van der Waals surface area contributed by atoms with Crippen molar-refractivity contribution in [3.63, 3.8) is 0 Å². The monoisotopic (exact) mass is 254 g/mol. The predicted octanol–water partition coefficient (Wildman–Crippen LogP) is 1.94. The Morgan fingerprint density at radius 3 is 2.33 bits per heavy atom. The van der Waals surface area contributed by atoms with Crippen LogP contribution >= 0.6 is 0 Å². The summed E-state index contributed by atoms with van der Waals surface area (Å²) in [5, 5.41) is 2.83. The SMILES string of the molecule is CCCC1NC(=O)C(C)N(CC(CC)CC)C1=O. The van der Waals surface area contributed by atoms with E-state index in [0.717, 1.165) is 25.7 Å². The minimum atomic E-state index is -0.328. The molecule has 0 aromatic heterocycles. The molecule has 0 aromatic rings. The van der Waals surface area contributed by atoms with Gasteiger partial charge in [-0.2, -0.15) is 0 Å². The van der Waals surface area contributed by atoms with Crippen molar-refractivity contribution in [2.24, 2.45) is 5.92 Å². The molecule has 0 bridgehead atoms. The van der Waals surface area contributed by atoms with Crippen molar-refractivity contribution in [1.82, 2.24) is 10.2 Å². The highest BCUT2D eigenvalue weighted by atomic mass is 16.2. The molecule has 2 unspecified atom stereocenters. The summed E-state index contributed by atoms with van der Waals surface area (Å²) in [4.78, 5) is 26.0. The van der Waals surface area contributed by atoms with Gasteiger partial charge in [0.1, 0.15) is 12.1 Å². The van der Waals surface area contributed by atoms with Crippen molar-refractivity contribution in [1.29, 1.82) is 0 Å². The molecule has 4 heteroatoms. The van der Waals surface area contributed by atoms with E-state index in [4.69, 9.17) is 0 Å². The maximum atomic E-state index is 12.3. The summed E-state index contributed by atoms with van der Waals surface area (Å²) in [7, 11) is 0. The summed E-state index contributed by atoms with van der Waals surface area (Å²) < 4.78 is 0. The van der Waals surface area contributed by atoms with Gasteiger partial charge < -0.3 is 10.2 Å². The van der Waals surface area contributed by atoms with Crippen LogP contribution in [0.3, 0.4) is 0 Å². The Kier molecular flexibility index (Phi) is 5.63. The molecule has 4 nitrogen and oxygen atoms in total. The van der Waals surface area contributed by atoms with Crippen molar-refractivity contribution in [2.45, 2.75) is 65.5 Å². The Balaban J connectivity index is 2.77. The standard InChI is InChI=1S/C14H26N2O2/c1-5-8-12-14(18)16(9-11(6-2)7-3)10(4)13(17)15-12/h10-12H,5-9H2,1-4H3,(H,15,17). The molecule has 1 rings (SSSR count). The fourth-order valence-electron chi connectivity index (χ4n) is 2.44. The summed E-state index contributed by atoms with van der Waals surface area (Å²) in [5.41, 5.74) is 0. The summed E-state index contributed by atoms with van der Waals surface area (Å²) in [6, 6.07) is -0.640. The van der Waals surface area contributed by atoms with E-state index >= 15 is 0 Å². The van der Waals surface area contributed by atoms with Crippen LogP contribution in [0.4, 0.5) is 0 Å². The second-order valence-corrected chi connectivity index (χ2v) is 5.20. The van der Waals surface area contributed by atoms with E-state index in [0.29, 0.717) is 12.5 Å². The van der Waals surface area contributed by atoms with Gasteiger partial charge in [-0.25, -0.2) is 0 Å². The normalized spacial score (nSPS) is 24.6. The average Bonchev–Trinajstić information content (AvgIpc) is 2.36. The van der Waals surface area contributed by atoms with E-state index < -0.39 is 0 Å². The number of hydrogen-bond donors (Lipinski definition) is 1. The van der Waals surface area contributed by atoms with Gasteiger partial charge in [0.2, 0.25) is 11.8 Å². The van der Waals surface area contributed by atoms with Gasteiger partial charge in [-0.3, -0.25) is 9.59 Å². The zero-order valence-corrected chi connectivity index (χ0v) is 12.0. The number of nitrogens with one attached hydrogen (secondary N) is 1. The van der Waals surface area contributed by atoms with E-state index in [2.05, 4.69) is 19.2 Å². The number of piperazine rings is 1. The highest BCUT2D eigenvalue weighted by molar-refractivity contribution is 5.96. The third-order valence-electron chi connectivity index (χ3n) is 3.93. The van der Waals surface area contributed by atoms with E-state index in [1.165, 1.54) is 0 Å². The van der Waals surface area contributed by atoms with E-state index in [9.17, 15) is 9.59 Å². The quantitative estimate of drug-likeness (QED) is 0.787. The van der Waals surface area contributed by atoms with Gasteiger partial charge in [-0.1, -0.05) is 40.0 Å². The molecule has 0 spiro atoms. The smallest absolute Gasteiger partial charge is 0.245 e. The number of nitrogens with zero attached hydrogens (tertiary/aromatic N) is 1. The fraction of sp³-hybridized carbons (Fsp3) is 0.857. The van der Waals surface area contributed by atoms with Crippen molar-refractivity contribution in [3.05, 3.63) is 0 Å². The third-order valence-corrected chi connectivity index (χ3v) is 3.93. The van der Waals surface area contributed by atoms with Gasteiger partial charge in [-0.15, -0.1) is 0 Å². The first-order valence-electron chi connectivity index (χ1n) is 7.15. The number of rotatable bonds is 6. The first-order valence-corrected chi connectivity index (χ1v) is 7.15. The van der Waals surface area contributed by atoms with Gasteiger partial charge in [-0.05, 0) is 19.3 Å². The number of carbonyl (C=O) groups excluding carboxylic acids is 2. The third kappa shape index (κ3) is 3.24. The molecule has 1 heterocycles. The lowest BCUT2D eigenvalue weighted by molar-refractivity contribution is -0.149. The molecule has 104 valence electrons. The minimum absolute atomic E-state index is 0.0148. The molecule has 18 heavy (non-hydrogen) atoms. The van der Waals surface area contributed by atoms with E-state index in [-0.39, 0.29) is 23.9 Å². The maximum Gasteiger partial charge on any atom is 0.245 e. The van der Waals surface area contributed by atoms with Gasteiger partial charge in [0.25, 0.3) is 0 Å². The summed E-state index contributed by atoms with van der Waals surface area (Å²) in [6.07, 6.45) is 3.74. The first kappa shape index (κ1) is 15.0. The molecule has 1 saturated heterocycles. The molecule has 1 aliphatic heterocycles. The summed E-state index contributed by atoms with van der Waals surface area (Å²) >= 11 is 0. The van der Waals surface area contributed by atoms with Gasteiger partial charge in [0, 0.05) is 6.54 Å². The zero-order chi connectivity index (χ0) is 13.7. The van der Waals surface area contributed by atoms with Crippen molar-refractivity contribution in [3.8, 4) is 0 Å². The first-order chi connectivity index (χ1) is 8.54. The number of hydrogen-bond acceptors (Lipinski definition) is 2. The number of amides is 2. The second-order valence-electron chi connectivity index (χ2n) is 5.20. The van der Waals surface area contributed by atoms with Crippen LogP contribution in [0, 0.1) is 5.92 Å². The molecule has 1 N–H and O–H groups in total. The van der Waals surface area contributed by atoms with Crippen LogP contribution < -0.4 is 5.32 Å². The Hall–Kier alpha value is -1.06. The van der Waals surface area contributed by atoms with Crippen LogP contribution in [0.15, 0.2) is 0 Å². The lowest BCUT2D eigenvalue weighted by Crippen LogP contribution is -2.63. The largest absolute Gasteiger partial charge is 0.343 e. The molecule has 1 aliphatic rings. The Bertz CT molecular complexity index is 300. The average molecular weight is 254 g/mol. The number of carbonyl (C=O) groups is 2. The van der Waals surface area contributed by atoms with Crippen molar-refractivity contribution < 1.29 is 9.59 Å². The van der Waals surface area contributed by atoms with Crippen LogP contribution in [-0.4, -0.2) is 35.3 Å². The Labute approximate surface area is 110 Å². The Morgan fingerprint density at radius 2 is 1.83 bits per heavy atom. The van der Waals surface area contributed by atoms with Crippen molar-refractivity contribution >= 4 is 11.8 Å². The zero-order valence-electron chi connectivity index (χ0n) is 12.0. The molecular weight excluding hydrogens is 228 g/mol. The molecule has 0 aromatic carbocycles.